The highest BCUT2D eigenvalue weighted by molar-refractivity contribution is 9.10. The van der Waals surface area contributed by atoms with Gasteiger partial charge in [-0.05, 0) is 40.2 Å². The van der Waals surface area contributed by atoms with Gasteiger partial charge >= 0.3 is 0 Å². The predicted molar refractivity (Wildman–Crippen MR) is 88.5 cm³/mol. The number of aliphatic hydroxyl groups is 1. The normalized spacial score (nSPS) is 17.5. The number of hydrogen-bond donors (Lipinski definition) is 2. The standard InChI is InChI=1S/C14H10BrCl2N3O/c15-7-3-4-9-11(12(7)17)14(19-6-10(21)20-9)13-8(16)2-1-5-18-13/h1-5,10,20-21H,6H2. The molecule has 7 heteroatoms. The SMILES string of the molecule is OC1CN=C(c2ncccc2Cl)c2c(ccc(Br)c2Cl)N1. The average Bonchev–Trinajstić information content (AvgIpc) is 2.63. The van der Waals surface area contributed by atoms with Crippen LogP contribution >= 0.6 is 39.1 Å². The average molecular weight is 387 g/mol. The van der Waals surface area contributed by atoms with Gasteiger partial charge < -0.3 is 10.4 Å². The van der Waals surface area contributed by atoms with E-state index in [1.54, 1.807) is 18.3 Å². The van der Waals surface area contributed by atoms with Gasteiger partial charge in [-0.1, -0.05) is 23.2 Å². The highest BCUT2D eigenvalue weighted by atomic mass is 79.9. The first-order valence-electron chi connectivity index (χ1n) is 6.16. The monoisotopic (exact) mass is 385 g/mol. The molecule has 0 fully saturated rings. The molecule has 2 aromatic rings. The van der Waals surface area contributed by atoms with Crippen molar-refractivity contribution in [2.24, 2.45) is 4.99 Å². The Morgan fingerprint density at radius 3 is 2.86 bits per heavy atom. The number of aromatic nitrogens is 1. The van der Waals surface area contributed by atoms with Crippen molar-refractivity contribution in [1.82, 2.24) is 4.98 Å². The zero-order chi connectivity index (χ0) is 15.0. The molecule has 1 atom stereocenters. The Labute approximate surface area is 140 Å². The molecule has 1 aliphatic heterocycles. The Morgan fingerprint density at radius 2 is 2.10 bits per heavy atom. The molecule has 0 saturated heterocycles. The fourth-order valence-electron chi connectivity index (χ4n) is 2.14. The van der Waals surface area contributed by atoms with E-state index >= 15 is 0 Å². The van der Waals surface area contributed by atoms with E-state index in [9.17, 15) is 5.11 Å². The van der Waals surface area contributed by atoms with Gasteiger partial charge in [0.25, 0.3) is 0 Å². The minimum Gasteiger partial charge on any atom is -0.372 e. The van der Waals surface area contributed by atoms with Crippen LogP contribution in [-0.4, -0.2) is 28.6 Å². The zero-order valence-electron chi connectivity index (χ0n) is 10.6. The van der Waals surface area contributed by atoms with Gasteiger partial charge in [-0.3, -0.25) is 9.98 Å². The lowest BCUT2D eigenvalue weighted by molar-refractivity contribution is 0.213. The summed E-state index contributed by atoms with van der Waals surface area (Å²) in [6, 6.07) is 7.13. The summed E-state index contributed by atoms with van der Waals surface area (Å²) in [5.74, 6) is 0. The lowest BCUT2D eigenvalue weighted by Crippen LogP contribution is -2.20. The van der Waals surface area contributed by atoms with Gasteiger partial charge in [-0.15, -0.1) is 0 Å². The van der Waals surface area contributed by atoms with Crippen molar-refractivity contribution in [1.29, 1.82) is 0 Å². The number of fused-ring (bicyclic) bond motifs is 1. The number of anilines is 1. The van der Waals surface area contributed by atoms with Gasteiger partial charge in [0.05, 0.1) is 22.3 Å². The number of hydrogen-bond acceptors (Lipinski definition) is 4. The summed E-state index contributed by atoms with van der Waals surface area (Å²) in [6.07, 6.45) is 0.852. The van der Waals surface area contributed by atoms with Crippen LogP contribution in [0, 0.1) is 0 Å². The maximum atomic E-state index is 9.90. The van der Waals surface area contributed by atoms with Crippen molar-refractivity contribution in [3.05, 3.63) is 56.2 Å². The van der Waals surface area contributed by atoms with Gasteiger partial charge in [-0.25, -0.2) is 0 Å². The molecular formula is C14H10BrCl2N3O. The molecule has 21 heavy (non-hydrogen) atoms. The van der Waals surface area contributed by atoms with Gasteiger partial charge in [0.15, 0.2) is 0 Å². The molecular weight excluding hydrogens is 377 g/mol. The molecule has 0 saturated carbocycles. The molecule has 1 aliphatic rings. The summed E-state index contributed by atoms with van der Waals surface area (Å²) in [4.78, 5) is 8.72. The van der Waals surface area contributed by atoms with Crippen molar-refractivity contribution < 1.29 is 5.11 Å². The van der Waals surface area contributed by atoms with E-state index < -0.39 is 6.23 Å². The molecule has 0 bridgehead atoms. The van der Waals surface area contributed by atoms with E-state index in [0.29, 0.717) is 32.7 Å². The molecule has 0 aliphatic carbocycles. The summed E-state index contributed by atoms with van der Waals surface area (Å²) < 4.78 is 0.737. The lowest BCUT2D eigenvalue weighted by Gasteiger charge is -2.15. The second-order valence-electron chi connectivity index (χ2n) is 4.47. The third-order valence-electron chi connectivity index (χ3n) is 3.06. The quantitative estimate of drug-likeness (QED) is 0.784. The topological polar surface area (TPSA) is 57.5 Å². The van der Waals surface area contributed by atoms with Crippen molar-refractivity contribution in [3.63, 3.8) is 0 Å². The van der Waals surface area contributed by atoms with Crippen LogP contribution in [0.15, 0.2) is 39.9 Å². The van der Waals surface area contributed by atoms with Gasteiger partial charge in [0.2, 0.25) is 0 Å². The van der Waals surface area contributed by atoms with E-state index in [4.69, 9.17) is 23.2 Å². The van der Waals surface area contributed by atoms with E-state index in [1.807, 2.05) is 12.1 Å². The number of nitrogens with zero attached hydrogens (tertiary/aromatic N) is 2. The Bertz CT molecular complexity index is 736. The van der Waals surface area contributed by atoms with Crippen molar-refractivity contribution in [2.75, 3.05) is 11.9 Å². The molecule has 0 spiro atoms. The first-order chi connectivity index (χ1) is 10.1. The van der Waals surface area contributed by atoms with Crippen LogP contribution < -0.4 is 5.32 Å². The highest BCUT2D eigenvalue weighted by Crippen LogP contribution is 2.35. The third kappa shape index (κ3) is 2.79. The first-order valence-corrected chi connectivity index (χ1v) is 7.71. The molecule has 1 aromatic heterocycles. The number of benzene rings is 1. The number of halogens is 3. The number of benzodiazepines with no additional fused rings is 1. The minimum absolute atomic E-state index is 0.185. The molecule has 0 radical (unpaired) electrons. The minimum atomic E-state index is -0.791. The largest absolute Gasteiger partial charge is 0.372 e. The second-order valence-corrected chi connectivity index (χ2v) is 6.11. The summed E-state index contributed by atoms with van der Waals surface area (Å²) >= 11 is 16.0. The summed E-state index contributed by atoms with van der Waals surface area (Å²) in [5, 5.41) is 13.9. The van der Waals surface area contributed by atoms with E-state index in [2.05, 4.69) is 31.2 Å². The number of pyridine rings is 1. The summed E-state index contributed by atoms with van der Waals surface area (Å²) in [6.45, 7) is 0.185. The zero-order valence-corrected chi connectivity index (χ0v) is 13.7. The number of rotatable bonds is 1. The van der Waals surface area contributed by atoms with Crippen LogP contribution in [0.3, 0.4) is 0 Å². The van der Waals surface area contributed by atoms with Crippen molar-refractivity contribution in [3.8, 4) is 0 Å². The maximum Gasteiger partial charge on any atom is 0.144 e. The fraction of sp³-hybridized carbons (Fsp3) is 0.143. The molecule has 0 amide bonds. The van der Waals surface area contributed by atoms with E-state index in [1.165, 1.54) is 0 Å². The van der Waals surface area contributed by atoms with Gasteiger partial charge in [0.1, 0.15) is 11.9 Å². The molecule has 2 N–H and O–H groups in total. The van der Waals surface area contributed by atoms with Crippen LogP contribution in [0.5, 0.6) is 0 Å². The van der Waals surface area contributed by atoms with Gasteiger partial charge in [-0.2, -0.15) is 0 Å². The first kappa shape index (κ1) is 14.8. The molecule has 4 nitrogen and oxygen atoms in total. The fourth-order valence-corrected chi connectivity index (χ4v) is 2.93. The Hall–Kier alpha value is -1.14. The number of aliphatic imine (C=N–C) groups is 1. The predicted octanol–water partition coefficient (Wildman–Crippen LogP) is 3.73. The maximum absolute atomic E-state index is 9.90. The smallest absolute Gasteiger partial charge is 0.144 e. The highest BCUT2D eigenvalue weighted by Gasteiger charge is 2.24. The van der Waals surface area contributed by atoms with Crippen LogP contribution in [0.2, 0.25) is 10.0 Å². The van der Waals surface area contributed by atoms with Crippen molar-refractivity contribution >= 4 is 50.5 Å². The Morgan fingerprint density at radius 1 is 1.29 bits per heavy atom. The van der Waals surface area contributed by atoms with Crippen LogP contribution in [0.1, 0.15) is 11.3 Å². The van der Waals surface area contributed by atoms with E-state index in [0.717, 1.165) is 4.47 Å². The summed E-state index contributed by atoms with van der Waals surface area (Å²) in [7, 11) is 0. The van der Waals surface area contributed by atoms with E-state index in [-0.39, 0.29) is 6.54 Å². The van der Waals surface area contributed by atoms with Crippen LogP contribution in [0.4, 0.5) is 5.69 Å². The Kier molecular flexibility index (Phi) is 4.17. The lowest BCUT2D eigenvalue weighted by atomic mass is 10.0. The van der Waals surface area contributed by atoms with Crippen LogP contribution in [-0.2, 0) is 0 Å². The molecule has 108 valence electrons. The van der Waals surface area contributed by atoms with Crippen LogP contribution in [0.25, 0.3) is 0 Å². The third-order valence-corrected chi connectivity index (χ3v) is 4.65. The van der Waals surface area contributed by atoms with Gasteiger partial charge in [0, 0.05) is 21.9 Å². The number of nitrogens with one attached hydrogen (secondary N) is 1. The summed E-state index contributed by atoms with van der Waals surface area (Å²) in [5.41, 5.74) is 2.46. The molecule has 3 rings (SSSR count). The second kappa shape index (κ2) is 5.93. The molecule has 1 aromatic carbocycles. The Balaban J connectivity index is 2.27. The van der Waals surface area contributed by atoms with Crippen molar-refractivity contribution in [2.45, 2.75) is 6.23 Å². The number of aliphatic hydroxyl groups excluding tert-OH is 1. The molecule has 1 unspecified atom stereocenters. The molecule has 2 heterocycles.